The summed E-state index contributed by atoms with van der Waals surface area (Å²) in [4.78, 5) is 25.6. The summed E-state index contributed by atoms with van der Waals surface area (Å²) in [5.74, 6) is 0.227. The van der Waals surface area contributed by atoms with Crippen LogP contribution in [0.1, 0.15) is 26.2 Å². The van der Waals surface area contributed by atoms with E-state index in [1.165, 1.54) is 0 Å². The van der Waals surface area contributed by atoms with Gasteiger partial charge in [0.25, 0.3) is 0 Å². The number of nitrogens with zero attached hydrogens (tertiary/aromatic N) is 2. The molecule has 0 aromatic carbocycles. The lowest BCUT2D eigenvalue weighted by Crippen LogP contribution is -2.49. The molecule has 0 bridgehead atoms. The first-order valence-corrected chi connectivity index (χ1v) is 7.12. The summed E-state index contributed by atoms with van der Waals surface area (Å²) in [5.41, 5.74) is -0.860. The Bertz CT molecular complexity index is 418. The van der Waals surface area contributed by atoms with E-state index < -0.39 is 5.41 Å². The van der Waals surface area contributed by atoms with Gasteiger partial charge in [-0.3, -0.25) is 9.59 Å². The molecule has 0 spiro atoms. The van der Waals surface area contributed by atoms with Crippen molar-refractivity contribution >= 4 is 11.8 Å². The van der Waals surface area contributed by atoms with Crippen LogP contribution in [0.3, 0.4) is 0 Å². The second-order valence-corrected chi connectivity index (χ2v) is 5.71. The van der Waals surface area contributed by atoms with Crippen molar-refractivity contribution in [2.24, 2.45) is 11.3 Å². The molecule has 1 heterocycles. The van der Waals surface area contributed by atoms with Crippen LogP contribution in [-0.4, -0.2) is 49.6 Å². The summed E-state index contributed by atoms with van der Waals surface area (Å²) >= 11 is 0. The smallest absolute Gasteiger partial charge is 0.240 e. The molecule has 1 N–H and O–H groups in total. The number of ether oxygens (including phenoxy) is 1. The summed E-state index contributed by atoms with van der Waals surface area (Å²) in [6, 6.07) is 2.12. The van der Waals surface area contributed by atoms with E-state index in [1.54, 1.807) is 4.90 Å². The SMILES string of the molecule is CC1CC(C#N)(C(=O)NCCC(=O)N2CCOCC2)C1. The third kappa shape index (κ3) is 3.10. The highest BCUT2D eigenvalue weighted by Crippen LogP contribution is 2.44. The molecule has 2 fully saturated rings. The fourth-order valence-corrected chi connectivity index (χ4v) is 2.88. The van der Waals surface area contributed by atoms with Gasteiger partial charge < -0.3 is 15.0 Å². The van der Waals surface area contributed by atoms with Crippen molar-refractivity contribution in [2.75, 3.05) is 32.8 Å². The molecule has 2 aliphatic rings. The van der Waals surface area contributed by atoms with Gasteiger partial charge in [0.2, 0.25) is 11.8 Å². The normalized spacial score (nSPS) is 29.2. The Balaban J connectivity index is 1.71. The van der Waals surface area contributed by atoms with Crippen LogP contribution in [0.15, 0.2) is 0 Å². The third-order valence-corrected chi connectivity index (χ3v) is 4.03. The van der Waals surface area contributed by atoms with E-state index >= 15 is 0 Å². The maximum Gasteiger partial charge on any atom is 0.240 e. The summed E-state index contributed by atoms with van der Waals surface area (Å²) in [6.45, 7) is 4.72. The van der Waals surface area contributed by atoms with Crippen molar-refractivity contribution in [1.29, 1.82) is 5.26 Å². The molecule has 2 rings (SSSR count). The van der Waals surface area contributed by atoms with Gasteiger partial charge in [0.15, 0.2) is 0 Å². The largest absolute Gasteiger partial charge is 0.378 e. The lowest BCUT2D eigenvalue weighted by atomic mass is 9.63. The van der Waals surface area contributed by atoms with Crippen molar-refractivity contribution in [1.82, 2.24) is 10.2 Å². The lowest BCUT2D eigenvalue weighted by molar-refractivity contribution is -0.136. The van der Waals surface area contributed by atoms with E-state index in [4.69, 9.17) is 10.00 Å². The molecule has 1 aliphatic heterocycles. The zero-order valence-corrected chi connectivity index (χ0v) is 11.9. The number of nitriles is 1. The Morgan fingerprint density at radius 1 is 1.40 bits per heavy atom. The summed E-state index contributed by atoms with van der Waals surface area (Å²) < 4.78 is 5.18. The number of carbonyl (C=O) groups excluding carboxylic acids is 2. The molecule has 1 saturated carbocycles. The van der Waals surface area contributed by atoms with Gasteiger partial charge in [-0.1, -0.05) is 6.92 Å². The average Bonchev–Trinajstić information content (AvgIpc) is 2.44. The van der Waals surface area contributed by atoms with Crippen LogP contribution in [0.25, 0.3) is 0 Å². The molecule has 0 aromatic heterocycles. The summed E-state index contributed by atoms with van der Waals surface area (Å²) in [6.07, 6.45) is 1.52. The van der Waals surface area contributed by atoms with E-state index in [0.29, 0.717) is 51.6 Å². The molecule has 1 aliphatic carbocycles. The number of rotatable bonds is 4. The van der Waals surface area contributed by atoms with Crippen LogP contribution in [0.4, 0.5) is 0 Å². The van der Waals surface area contributed by atoms with E-state index in [2.05, 4.69) is 11.4 Å². The zero-order chi connectivity index (χ0) is 14.6. The topological polar surface area (TPSA) is 82.4 Å². The highest BCUT2D eigenvalue weighted by atomic mass is 16.5. The fourth-order valence-electron chi connectivity index (χ4n) is 2.88. The maximum absolute atomic E-state index is 12.0. The van der Waals surface area contributed by atoms with Gasteiger partial charge in [0, 0.05) is 26.1 Å². The van der Waals surface area contributed by atoms with Crippen LogP contribution in [0.2, 0.25) is 0 Å². The number of morpholine rings is 1. The standard InChI is InChI=1S/C14H21N3O3/c1-11-8-14(9-11,10-15)13(19)16-3-2-12(18)17-4-6-20-7-5-17/h11H,2-9H2,1H3,(H,16,19). The molecular formula is C14H21N3O3. The maximum atomic E-state index is 12.0. The minimum Gasteiger partial charge on any atom is -0.378 e. The first-order chi connectivity index (χ1) is 9.57. The van der Waals surface area contributed by atoms with Crippen molar-refractivity contribution in [3.8, 4) is 6.07 Å². The Labute approximate surface area is 119 Å². The minimum absolute atomic E-state index is 0.0292. The Morgan fingerprint density at radius 3 is 2.60 bits per heavy atom. The number of nitrogens with one attached hydrogen (secondary N) is 1. The van der Waals surface area contributed by atoms with Crippen LogP contribution < -0.4 is 5.32 Å². The molecule has 2 amide bonds. The summed E-state index contributed by atoms with van der Waals surface area (Å²) in [7, 11) is 0. The first kappa shape index (κ1) is 14.8. The van der Waals surface area contributed by atoms with Crippen molar-refractivity contribution in [3.63, 3.8) is 0 Å². The van der Waals surface area contributed by atoms with Gasteiger partial charge in [0.05, 0.1) is 19.3 Å². The fraction of sp³-hybridized carbons (Fsp3) is 0.786. The van der Waals surface area contributed by atoms with E-state index in [9.17, 15) is 9.59 Å². The van der Waals surface area contributed by atoms with Gasteiger partial charge >= 0.3 is 0 Å². The molecule has 6 heteroatoms. The second-order valence-electron chi connectivity index (χ2n) is 5.71. The van der Waals surface area contributed by atoms with Crippen LogP contribution in [0, 0.1) is 22.7 Å². The van der Waals surface area contributed by atoms with Gasteiger partial charge in [-0.05, 0) is 18.8 Å². The number of hydrogen-bond donors (Lipinski definition) is 1. The molecule has 110 valence electrons. The van der Waals surface area contributed by atoms with Gasteiger partial charge in [-0.2, -0.15) is 5.26 Å². The van der Waals surface area contributed by atoms with E-state index in [1.807, 2.05) is 6.92 Å². The average molecular weight is 279 g/mol. The van der Waals surface area contributed by atoms with E-state index in [0.717, 1.165) is 0 Å². The molecule has 6 nitrogen and oxygen atoms in total. The Morgan fingerprint density at radius 2 is 2.05 bits per heavy atom. The molecule has 20 heavy (non-hydrogen) atoms. The monoisotopic (exact) mass is 279 g/mol. The van der Waals surface area contributed by atoms with Gasteiger partial charge in [0.1, 0.15) is 5.41 Å². The third-order valence-electron chi connectivity index (χ3n) is 4.03. The summed E-state index contributed by atoms with van der Waals surface area (Å²) in [5, 5.41) is 11.9. The number of amides is 2. The van der Waals surface area contributed by atoms with Gasteiger partial charge in [-0.15, -0.1) is 0 Å². The highest BCUT2D eigenvalue weighted by Gasteiger charge is 2.48. The van der Waals surface area contributed by atoms with Crippen molar-refractivity contribution in [3.05, 3.63) is 0 Å². The Hall–Kier alpha value is -1.61. The number of hydrogen-bond acceptors (Lipinski definition) is 4. The Kier molecular flexibility index (Phi) is 4.61. The highest BCUT2D eigenvalue weighted by molar-refractivity contribution is 5.87. The minimum atomic E-state index is -0.860. The predicted octanol–water partition coefficient (Wildman–Crippen LogP) is 0.291. The molecule has 0 unspecified atom stereocenters. The molecule has 0 radical (unpaired) electrons. The molecule has 0 aromatic rings. The number of carbonyl (C=O) groups is 2. The van der Waals surface area contributed by atoms with E-state index in [-0.39, 0.29) is 18.2 Å². The molecule has 0 atom stereocenters. The van der Waals surface area contributed by atoms with Crippen LogP contribution >= 0.6 is 0 Å². The molecule has 1 saturated heterocycles. The predicted molar refractivity (Wildman–Crippen MR) is 71.5 cm³/mol. The molecular weight excluding hydrogens is 258 g/mol. The van der Waals surface area contributed by atoms with Crippen molar-refractivity contribution in [2.45, 2.75) is 26.2 Å². The first-order valence-electron chi connectivity index (χ1n) is 7.12. The lowest BCUT2D eigenvalue weighted by Gasteiger charge is -2.39. The van der Waals surface area contributed by atoms with Crippen LogP contribution in [0.5, 0.6) is 0 Å². The zero-order valence-electron chi connectivity index (χ0n) is 11.9. The quantitative estimate of drug-likeness (QED) is 0.802. The van der Waals surface area contributed by atoms with Crippen molar-refractivity contribution < 1.29 is 14.3 Å². The van der Waals surface area contributed by atoms with Crippen LogP contribution in [-0.2, 0) is 14.3 Å². The van der Waals surface area contributed by atoms with Gasteiger partial charge in [-0.25, -0.2) is 0 Å². The second kappa shape index (κ2) is 6.23.